The molecular weight excluding hydrogens is 328 g/mol. The molecule has 0 fully saturated rings. The minimum atomic E-state index is -0.320. The molecule has 0 radical (unpaired) electrons. The van der Waals surface area contributed by atoms with E-state index in [1.807, 2.05) is 36.4 Å². The lowest BCUT2D eigenvalue weighted by atomic mass is 9.95. The van der Waals surface area contributed by atoms with Gasteiger partial charge in [-0.3, -0.25) is 0 Å². The van der Waals surface area contributed by atoms with E-state index in [9.17, 15) is 4.79 Å². The molecular formula is C18H13BrO2. The first-order valence-corrected chi connectivity index (χ1v) is 7.36. The number of hydrogen-bond donors (Lipinski definition) is 0. The summed E-state index contributed by atoms with van der Waals surface area (Å²) in [5.41, 5.74) is 2.49. The van der Waals surface area contributed by atoms with Gasteiger partial charge in [0.05, 0.1) is 12.7 Å². The molecule has 0 saturated carbocycles. The van der Waals surface area contributed by atoms with E-state index >= 15 is 0 Å². The van der Waals surface area contributed by atoms with Crippen molar-refractivity contribution in [2.75, 3.05) is 7.11 Å². The molecule has 0 unspecified atom stereocenters. The topological polar surface area (TPSA) is 26.3 Å². The van der Waals surface area contributed by atoms with Crippen LogP contribution in [0.1, 0.15) is 10.4 Å². The molecule has 3 rings (SSSR count). The zero-order valence-electron chi connectivity index (χ0n) is 11.5. The summed E-state index contributed by atoms with van der Waals surface area (Å²) in [5.74, 6) is -0.320. The van der Waals surface area contributed by atoms with Crippen molar-refractivity contribution >= 4 is 32.7 Å². The van der Waals surface area contributed by atoms with Crippen molar-refractivity contribution in [3.63, 3.8) is 0 Å². The highest BCUT2D eigenvalue weighted by molar-refractivity contribution is 9.10. The Balaban J connectivity index is 2.29. The van der Waals surface area contributed by atoms with Gasteiger partial charge in [-0.1, -0.05) is 58.4 Å². The number of fused-ring (bicyclic) bond motifs is 1. The smallest absolute Gasteiger partial charge is 0.338 e. The van der Waals surface area contributed by atoms with Crippen LogP contribution in [0.25, 0.3) is 21.9 Å². The van der Waals surface area contributed by atoms with Gasteiger partial charge in [-0.05, 0) is 40.1 Å². The Morgan fingerprint density at radius 3 is 2.52 bits per heavy atom. The third-order valence-electron chi connectivity index (χ3n) is 3.47. The predicted octanol–water partition coefficient (Wildman–Crippen LogP) is 5.06. The highest BCUT2D eigenvalue weighted by Gasteiger charge is 2.14. The number of ether oxygens (including phenoxy) is 1. The second-order valence-electron chi connectivity index (χ2n) is 4.71. The first kappa shape index (κ1) is 13.8. The summed E-state index contributed by atoms with van der Waals surface area (Å²) in [6, 6.07) is 19.7. The summed E-state index contributed by atoms with van der Waals surface area (Å²) in [6.07, 6.45) is 0. The number of methoxy groups -OCH3 is 1. The molecule has 0 saturated heterocycles. The summed E-state index contributed by atoms with van der Waals surface area (Å²) in [4.78, 5) is 12.0. The van der Waals surface area contributed by atoms with E-state index in [0.29, 0.717) is 5.56 Å². The Bertz CT molecular complexity index is 824. The Hall–Kier alpha value is -2.13. The number of esters is 1. The lowest BCUT2D eigenvalue weighted by Gasteiger charge is -2.11. The van der Waals surface area contributed by atoms with Crippen LogP contribution in [0, 0.1) is 0 Å². The zero-order valence-corrected chi connectivity index (χ0v) is 13.1. The average Bonchev–Trinajstić information content (AvgIpc) is 2.53. The fraction of sp³-hybridized carbons (Fsp3) is 0.0556. The van der Waals surface area contributed by atoms with E-state index in [1.54, 1.807) is 6.07 Å². The Morgan fingerprint density at radius 2 is 1.71 bits per heavy atom. The number of halogens is 1. The third kappa shape index (κ3) is 2.57. The maximum atomic E-state index is 12.0. The normalized spacial score (nSPS) is 10.6. The Kier molecular flexibility index (Phi) is 3.76. The summed E-state index contributed by atoms with van der Waals surface area (Å²) >= 11 is 3.49. The van der Waals surface area contributed by atoms with Crippen molar-refractivity contribution < 1.29 is 9.53 Å². The van der Waals surface area contributed by atoms with Crippen LogP contribution in [0.15, 0.2) is 65.1 Å². The fourth-order valence-electron chi connectivity index (χ4n) is 2.50. The SMILES string of the molecule is COC(=O)c1ccccc1-c1cccc2cc(Br)ccc12. The number of benzene rings is 3. The Labute approximate surface area is 131 Å². The van der Waals surface area contributed by atoms with Crippen LogP contribution in [-0.4, -0.2) is 13.1 Å². The van der Waals surface area contributed by atoms with Gasteiger partial charge in [-0.2, -0.15) is 0 Å². The highest BCUT2D eigenvalue weighted by atomic mass is 79.9. The Morgan fingerprint density at radius 1 is 0.952 bits per heavy atom. The van der Waals surface area contributed by atoms with Gasteiger partial charge in [0.15, 0.2) is 0 Å². The molecule has 3 aromatic rings. The first-order chi connectivity index (χ1) is 10.2. The molecule has 0 bridgehead atoms. The molecule has 3 aromatic carbocycles. The maximum Gasteiger partial charge on any atom is 0.338 e. The molecule has 0 atom stereocenters. The molecule has 3 heteroatoms. The molecule has 104 valence electrons. The van der Waals surface area contributed by atoms with Crippen LogP contribution in [-0.2, 0) is 4.74 Å². The minimum absolute atomic E-state index is 0.320. The molecule has 21 heavy (non-hydrogen) atoms. The van der Waals surface area contributed by atoms with E-state index in [0.717, 1.165) is 26.4 Å². The molecule has 0 aliphatic heterocycles. The van der Waals surface area contributed by atoms with Crippen LogP contribution in [0.4, 0.5) is 0 Å². The van der Waals surface area contributed by atoms with E-state index < -0.39 is 0 Å². The fourth-order valence-corrected chi connectivity index (χ4v) is 2.87. The van der Waals surface area contributed by atoms with Crippen molar-refractivity contribution in [1.82, 2.24) is 0 Å². The maximum absolute atomic E-state index is 12.0. The molecule has 0 aliphatic carbocycles. The predicted molar refractivity (Wildman–Crippen MR) is 88.4 cm³/mol. The largest absolute Gasteiger partial charge is 0.465 e. The van der Waals surface area contributed by atoms with Crippen LogP contribution < -0.4 is 0 Å². The lowest BCUT2D eigenvalue weighted by molar-refractivity contribution is 0.0601. The average molecular weight is 341 g/mol. The van der Waals surface area contributed by atoms with Gasteiger partial charge in [0.2, 0.25) is 0 Å². The molecule has 0 N–H and O–H groups in total. The van der Waals surface area contributed by atoms with E-state index in [1.165, 1.54) is 7.11 Å². The van der Waals surface area contributed by atoms with Crippen molar-refractivity contribution in [2.45, 2.75) is 0 Å². The third-order valence-corrected chi connectivity index (χ3v) is 3.96. The first-order valence-electron chi connectivity index (χ1n) is 6.56. The minimum Gasteiger partial charge on any atom is -0.465 e. The molecule has 2 nitrogen and oxygen atoms in total. The second-order valence-corrected chi connectivity index (χ2v) is 5.62. The highest BCUT2D eigenvalue weighted by Crippen LogP contribution is 2.32. The summed E-state index contributed by atoms with van der Waals surface area (Å²) in [7, 11) is 1.40. The van der Waals surface area contributed by atoms with Gasteiger partial charge in [0.1, 0.15) is 0 Å². The van der Waals surface area contributed by atoms with Crippen LogP contribution >= 0.6 is 15.9 Å². The van der Waals surface area contributed by atoms with E-state index in [4.69, 9.17) is 4.74 Å². The van der Waals surface area contributed by atoms with E-state index in [2.05, 4.69) is 34.1 Å². The zero-order chi connectivity index (χ0) is 14.8. The van der Waals surface area contributed by atoms with Gasteiger partial charge >= 0.3 is 5.97 Å². The van der Waals surface area contributed by atoms with Gasteiger partial charge in [0, 0.05) is 4.47 Å². The quantitative estimate of drug-likeness (QED) is 0.609. The lowest BCUT2D eigenvalue weighted by Crippen LogP contribution is -2.03. The van der Waals surface area contributed by atoms with Gasteiger partial charge in [-0.25, -0.2) is 4.79 Å². The summed E-state index contributed by atoms with van der Waals surface area (Å²) in [6.45, 7) is 0. The summed E-state index contributed by atoms with van der Waals surface area (Å²) in [5, 5.41) is 2.23. The van der Waals surface area contributed by atoms with E-state index in [-0.39, 0.29) is 5.97 Å². The molecule has 0 heterocycles. The number of carbonyl (C=O) groups excluding carboxylic acids is 1. The monoisotopic (exact) mass is 340 g/mol. The molecule has 0 aromatic heterocycles. The van der Waals surface area contributed by atoms with Crippen molar-refractivity contribution in [2.24, 2.45) is 0 Å². The van der Waals surface area contributed by atoms with Crippen molar-refractivity contribution in [3.8, 4) is 11.1 Å². The summed E-state index contributed by atoms with van der Waals surface area (Å²) < 4.78 is 5.92. The molecule has 0 aliphatic rings. The molecule has 0 spiro atoms. The number of hydrogen-bond acceptors (Lipinski definition) is 2. The molecule has 0 amide bonds. The van der Waals surface area contributed by atoms with Crippen LogP contribution in [0.5, 0.6) is 0 Å². The van der Waals surface area contributed by atoms with Gasteiger partial charge in [0.25, 0.3) is 0 Å². The van der Waals surface area contributed by atoms with Crippen molar-refractivity contribution in [1.29, 1.82) is 0 Å². The van der Waals surface area contributed by atoms with Crippen molar-refractivity contribution in [3.05, 3.63) is 70.7 Å². The van der Waals surface area contributed by atoms with Gasteiger partial charge < -0.3 is 4.74 Å². The second kappa shape index (κ2) is 5.70. The standard InChI is InChI=1S/C18H13BrO2/c1-21-18(20)17-7-3-2-6-16(17)15-8-4-5-12-11-13(19)9-10-14(12)15/h2-11H,1H3. The number of rotatable bonds is 2. The van der Waals surface area contributed by atoms with Crippen LogP contribution in [0.3, 0.4) is 0 Å². The number of carbonyl (C=O) groups is 1. The van der Waals surface area contributed by atoms with Crippen LogP contribution in [0.2, 0.25) is 0 Å². The van der Waals surface area contributed by atoms with Gasteiger partial charge in [-0.15, -0.1) is 0 Å².